The lowest BCUT2D eigenvalue weighted by molar-refractivity contribution is -0.139. The van der Waals surface area contributed by atoms with E-state index in [9.17, 15) is 9.59 Å². The highest BCUT2D eigenvalue weighted by atomic mass is 16.5. The average Bonchev–Trinajstić information content (AvgIpc) is 2.14. The number of hydrogen-bond acceptors (Lipinski definition) is 5. The van der Waals surface area contributed by atoms with E-state index >= 15 is 0 Å². The number of aliphatic hydroxyl groups is 2. The quantitative estimate of drug-likeness (QED) is 0.375. The third-order valence-electron chi connectivity index (χ3n) is 1.27. The maximum absolute atomic E-state index is 10.7. The molecule has 14 heavy (non-hydrogen) atoms. The molecule has 0 aromatic rings. The van der Waals surface area contributed by atoms with Gasteiger partial charge in [-0.3, -0.25) is 0 Å². The molecule has 0 aliphatic carbocycles. The van der Waals surface area contributed by atoms with E-state index in [1.807, 2.05) is 0 Å². The van der Waals surface area contributed by atoms with Crippen molar-refractivity contribution in [3.8, 4) is 0 Å². The van der Waals surface area contributed by atoms with Gasteiger partial charge >= 0.3 is 11.9 Å². The Morgan fingerprint density at radius 2 is 2.00 bits per heavy atom. The zero-order chi connectivity index (χ0) is 11.0. The summed E-state index contributed by atoms with van der Waals surface area (Å²) in [6.07, 6.45) is 0.619. The van der Waals surface area contributed by atoms with Crippen molar-refractivity contribution in [3.63, 3.8) is 0 Å². The summed E-state index contributed by atoms with van der Waals surface area (Å²) in [5.41, 5.74) is 0. The third-order valence-corrected chi connectivity index (χ3v) is 1.27. The van der Waals surface area contributed by atoms with E-state index < -0.39 is 24.6 Å². The van der Waals surface area contributed by atoms with Crippen LogP contribution in [-0.4, -0.2) is 46.6 Å². The molecular weight excluding hydrogens is 192 g/mol. The highest BCUT2D eigenvalue weighted by Crippen LogP contribution is 1.92. The Labute approximate surface area is 80.4 Å². The Morgan fingerprint density at radius 3 is 2.50 bits per heavy atom. The second kappa shape index (κ2) is 7.05. The molecule has 0 saturated heterocycles. The summed E-state index contributed by atoms with van der Waals surface area (Å²) in [5.74, 6) is -2.03. The van der Waals surface area contributed by atoms with Crippen LogP contribution in [-0.2, 0) is 14.3 Å². The molecular formula is C8H12O6. The van der Waals surface area contributed by atoms with E-state index in [1.165, 1.54) is 0 Å². The van der Waals surface area contributed by atoms with Gasteiger partial charge < -0.3 is 20.1 Å². The van der Waals surface area contributed by atoms with E-state index in [-0.39, 0.29) is 13.0 Å². The molecule has 0 rings (SSSR count). The second-order valence-electron chi connectivity index (χ2n) is 2.46. The molecule has 0 aliphatic rings. The van der Waals surface area contributed by atoms with Crippen LogP contribution in [0.4, 0.5) is 0 Å². The van der Waals surface area contributed by atoms with Crippen molar-refractivity contribution < 1.29 is 29.6 Å². The van der Waals surface area contributed by atoms with Crippen LogP contribution in [0.1, 0.15) is 6.42 Å². The fraction of sp³-hybridized carbons (Fsp3) is 0.500. The van der Waals surface area contributed by atoms with Crippen molar-refractivity contribution in [2.45, 2.75) is 12.5 Å². The van der Waals surface area contributed by atoms with Gasteiger partial charge in [0.1, 0.15) is 0 Å². The van der Waals surface area contributed by atoms with Crippen LogP contribution in [0.15, 0.2) is 12.2 Å². The largest absolute Gasteiger partial charge is 0.478 e. The molecule has 80 valence electrons. The summed E-state index contributed by atoms with van der Waals surface area (Å²) in [4.78, 5) is 20.7. The average molecular weight is 204 g/mol. The normalized spacial score (nSPS) is 12.7. The molecule has 0 saturated carbocycles. The Balaban J connectivity index is 3.59. The van der Waals surface area contributed by atoms with Crippen LogP contribution >= 0.6 is 0 Å². The molecule has 0 amide bonds. The van der Waals surface area contributed by atoms with Crippen molar-refractivity contribution in [2.24, 2.45) is 0 Å². The Kier molecular flexibility index (Phi) is 6.34. The zero-order valence-corrected chi connectivity index (χ0v) is 7.42. The van der Waals surface area contributed by atoms with E-state index in [4.69, 9.17) is 15.3 Å². The number of aliphatic hydroxyl groups excluding tert-OH is 2. The molecule has 0 aromatic heterocycles. The van der Waals surface area contributed by atoms with Crippen LogP contribution in [0.25, 0.3) is 0 Å². The standard InChI is InChI=1S/C8H12O6/c9-5-6(10)3-4-14-8(13)2-1-7(11)12/h1-2,6,9-10H,3-5H2,(H,11,12)/b2-1+. The molecule has 6 heteroatoms. The molecule has 0 heterocycles. The zero-order valence-electron chi connectivity index (χ0n) is 7.42. The van der Waals surface area contributed by atoms with Crippen LogP contribution in [0, 0.1) is 0 Å². The van der Waals surface area contributed by atoms with Gasteiger partial charge in [0.2, 0.25) is 0 Å². The summed E-state index contributed by atoms with van der Waals surface area (Å²) in [5, 5.41) is 25.4. The Bertz CT molecular complexity index is 222. The monoisotopic (exact) mass is 204 g/mol. The molecule has 0 radical (unpaired) electrons. The van der Waals surface area contributed by atoms with Gasteiger partial charge in [0.25, 0.3) is 0 Å². The van der Waals surface area contributed by atoms with E-state index in [1.54, 1.807) is 0 Å². The fourth-order valence-corrected chi connectivity index (χ4v) is 0.574. The number of esters is 1. The highest BCUT2D eigenvalue weighted by Gasteiger charge is 2.03. The first-order valence-corrected chi connectivity index (χ1v) is 3.93. The number of aliphatic carboxylic acids is 1. The van der Waals surface area contributed by atoms with Crippen LogP contribution in [0.3, 0.4) is 0 Å². The second-order valence-corrected chi connectivity index (χ2v) is 2.46. The van der Waals surface area contributed by atoms with Crippen LogP contribution in [0.5, 0.6) is 0 Å². The van der Waals surface area contributed by atoms with Crippen molar-refractivity contribution in [3.05, 3.63) is 12.2 Å². The maximum Gasteiger partial charge on any atom is 0.331 e. The van der Waals surface area contributed by atoms with Gasteiger partial charge in [0.05, 0.1) is 19.3 Å². The van der Waals surface area contributed by atoms with Gasteiger partial charge in [0, 0.05) is 18.6 Å². The maximum atomic E-state index is 10.7. The van der Waals surface area contributed by atoms with Gasteiger partial charge in [-0.05, 0) is 0 Å². The van der Waals surface area contributed by atoms with E-state index in [0.29, 0.717) is 6.08 Å². The molecule has 1 atom stereocenters. The number of hydrogen-bond donors (Lipinski definition) is 3. The van der Waals surface area contributed by atoms with Crippen LogP contribution in [0.2, 0.25) is 0 Å². The van der Waals surface area contributed by atoms with Crippen molar-refractivity contribution in [1.29, 1.82) is 0 Å². The smallest absolute Gasteiger partial charge is 0.331 e. The first kappa shape index (κ1) is 12.6. The molecule has 0 fully saturated rings. The van der Waals surface area contributed by atoms with E-state index in [0.717, 1.165) is 6.08 Å². The summed E-state index contributed by atoms with van der Waals surface area (Å²) < 4.78 is 4.50. The molecule has 0 spiro atoms. The Hall–Kier alpha value is -1.40. The third kappa shape index (κ3) is 7.26. The van der Waals surface area contributed by atoms with Crippen LogP contribution < -0.4 is 0 Å². The summed E-state index contributed by atoms with van der Waals surface area (Å²) in [6.45, 7) is -0.465. The SMILES string of the molecule is O=C(O)/C=C/C(=O)OCCC(O)CO. The fourth-order valence-electron chi connectivity index (χ4n) is 0.574. The minimum Gasteiger partial charge on any atom is -0.478 e. The highest BCUT2D eigenvalue weighted by molar-refractivity contribution is 5.90. The Morgan fingerprint density at radius 1 is 1.36 bits per heavy atom. The van der Waals surface area contributed by atoms with Gasteiger partial charge in [-0.2, -0.15) is 0 Å². The number of carbonyl (C=O) groups is 2. The number of rotatable bonds is 6. The minimum atomic E-state index is -1.24. The lowest BCUT2D eigenvalue weighted by atomic mass is 10.3. The van der Waals surface area contributed by atoms with Gasteiger partial charge in [-0.1, -0.05) is 0 Å². The lowest BCUT2D eigenvalue weighted by Crippen LogP contribution is -2.16. The molecule has 3 N–H and O–H groups in total. The summed E-state index contributed by atoms with van der Waals surface area (Å²) in [7, 11) is 0. The number of ether oxygens (including phenoxy) is 1. The van der Waals surface area contributed by atoms with Crippen molar-refractivity contribution in [1.82, 2.24) is 0 Å². The molecule has 1 unspecified atom stereocenters. The first-order chi connectivity index (χ1) is 6.56. The topological polar surface area (TPSA) is 104 Å². The number of carboxylic acids is 1. The number of carbonyl (C=O) groups excluding carboxylic acids is 1. The lowest BCUT2D eigenvalue weighted by Gasteiger charge is -2.05. The van der Waals surface area contributed by atoms with Crippen molar-refractivity contribution >= 4 is 11.9 Å². The van der Waals surface area contributed by atoms with E-state index in [2.05, 4.69) is 4.74 Å². The molecule has 0 aromatic carbocycles. The van der Waals surface area contributed by atoms with Gasteiger partial charge in [0.15, 0.2) is 0 Å². The predicted molar refractivity (Wildman–Crippen MR) is 45.4 cm³/mol. The summed E-state index contributed by atoms with van der Waals surface area (Å²) in [6, 6.07) is 0. The number of carboxylic acid groups (broad SMARTS) is 1. The molecule has 0 aliphatic heterocycles. The molecule has 6 nitrogen and oxygen atoms in total. The van der Waals surface area contributed by atoms with Gasteiger partial charge in [-0.15, -0.1) is 0 Å². The first-order valence-electron chi connectivity index (χ1n) is 3.93. The summed E-state index contributed by atoms with van der Waals surface area (Å²) >= 11 is 0. The van der Waals surface area contributed by atoms with Crippen molar-refractivity contribution in [2.75, 3.05) is 13.2 Å². The molecule has 0 bridgehead atoms. The predicted octanol–water partition coefficient (Wildman–Crippen LogP) is -1.09. The minimum absolute atomic E-state index is 0.0650. The van der Waals surface area contributed by atoms with Gasteiger partial charge in [-0.25, -0.2) is 9.59 Å².